The highest BCUT2D eigenvalue weighted by Gasteiger charge is 2.22. The van der Waals surface area contributed by atoms with Crippen LogP contribution in [0, 0.1) is 5.82 Å². The summed E-state index contributed by atoms with van der Waals surface area (Å²) in [6, 6.07) is 12.8. The zero-order valence-electron chi connectivity index (χ0n) is 15.4. The molecule has 3 rings (SSSR count). The Morgan fingerprint density at radius 3 is 2.14 bits per heavy atom. The molecule has 1 aliphatic rings. The van der Waals surface area contributed by atoms with E-state index in [2.05, 4.69) is 0 Å². The lowest BCUT2D eigenvalue weighted by molar-refractivity contribution is -0.134. The summed E-state index contributed by atoms with van der Waals surface area (Å²) in [7, 11) is 0. The van der Waals surface area contributed by atoms with E-state index in [0.717, 1.165) is 5.56 Å². The third-order valence-electron chi connectivity index (χ3n) is 4.65. The second-order valence-corrected chi connectivity index (χ2v) is 7.10. The van der Waals surface area contributed by atoms with Crippen molar-refractivity contribution in [1.82, 2.24) is 9.80 Å². The lowest BCUT2D eigenvalue weighted by atomic mass is 10.1. The molecule has 2 aromatic rings. The molecule has 7 heteroatoms. The van der Waals surface area contributed by atoms with Crippen molar-refractivity contribution < 1.29 is 18.7 Å². The molecular weight excluding hydrogens is 383 g/mol. The average Bonchev–Trinajstić information content (AvgIpc) is 2.95. The Hall–Kier alpha value is -2.60. The van der Waals surface area contributed by atoms with Gasteiger partial charge in [-0.25, -0.2) is 4.39 Å². The number of ether oxygens (including phenoxy) is 1. The molecule has 2 aromatic carbocycles. The fourth-order valence-electron chi connectivity index (χ4n) is 3.07. The summed E-state index contributed by atoms with van der Waals surface area (Å²) in [5, 5.41) is 0.608. The molecule has 2 amide bonds. The summed E-state index contributed by atoms with van der Waals surface area (Å²) in [5.74, 6) is 0.144. The molecule has 0 saturated carbocycles. The molecule has 1 heterocycles. The Morgan fingerprint density at radius 2 is 1.50 bits per heavy atom. The normalized spacial score (nSPS) is 14.5. The highest BCUT2D eigenvalue weighted by molar-refractivity contribution is 6.30. The van der Waals surface area contributed by atoms with Gasteiger partial charge in [-0.15, -0.1) is 0 Å². The minimum absolute atomic E-state index is 0.0154. The Kier molecular flexibility index (Phi) is 6.87. The first-order chi connectivity index (χ1) is 13.5. The molecule has 0 atom stereocenters. The number of carbonyl (C=O) groups is 2. The third kappa shape index (κ3) is 5.70. The van der Waals surface area contributed by atoms with Crippen LogP contribution in [0.4, 0.5) is 4.39 Å². The second kappa shape index (κ2) is 9.55. The van der Waals surface area contributed by atoms with Crippen molar-refractivity contribution in [3.63, 3.8) is 0 Å². The number of nitrogens with zero attached hydrogens (tertiary/aromatic N) is 2. The topological polar surface area (TPSA) is 49.9 Å². The van der Waals surface area contributed by atoms with Crippen LogP contribution < -0.4 is 4.74 Å². The van der Waals surface area contributed by atoms with Gasteiger partial charge < -0.3 is 14.5 Å². The number of benzene rings is 2. The minimum atomic E-state index is -0.319. The Labute approximate surface area is 168 Å². The van der Waals surface area contributed by atoms with Crippen molar-refractivity contribution in [3.8, 4) is 5.75 Å². The van der Waals surface area contributed by atoms with Crippen LogP contribution in [0.5, 0.6) is 5.75 Å². The summed E-state index contributed by atoms with van der Waals surface area (Å²) in [6.45, 7) is 2.08. The first-order valence-corrected chi connectivity index (χ1v) is 9.57. The lowest BCUT2D eigenvalue weighted by Crippen LogP contribution is -2.39. The molecule has 1 fully saturated rings. The summed E-state index contributed by atoms with van der Waals surface area (Å²) in [4.78, 5) is 28.4. The van der Waals surface area contributed by atoms with Gasteiger partial charge in [-0.05, 0) is 48.4 Å². The molecule has 0 aromatic heterocycles. The molecule has 0 bridgehead atoms. The van der Waals surface area contributed by atoms with E-state index in [-0.39, 0.29) is 30.7 Å². The Morgan fingerprint density at radius 1 is 0.893 bits per heavy atom. The number of carbonyl (C=O) groups excluding carboxylic acids is 2. The second-order valence-electron chi connectivity index (χ2n) is 6.66. The van der Waals surface area contributed by atoms with Crippen molar-refractivity contribution in [2.24, 2.45) is 0 Å². The van der Waals surface area contributed by atoms with E-state index in [1.165, 1.54) is 12.1 Å². The van der Waals surface area contributed by atoms with Crippen molar-refractivity contribution in [1.29, 1.82) is 0 Å². The summed E-state index contributed by atoms with van der Waals surface area (Å²) in [5.41, 5.74) is 0.778. The van der Waals surface area contributed by atoms with Crippen LogP contribution >= 0.6 is 11.6 Å². The van der Waals surface area contributed by atoms with E-state index in [9.17, 15) is 14.0 Å². The van der Waals surface area contributed by atoms with E-state index in [1.807, 2.05) is 0 Å². The Balaban J connectivity index is 1.48. The molecule has 0 aliphatic carbocycles. The van der Waals surface area contributed by atoms with E-state index in [0.29, 0.717) is 43.4 Å². The maximum atomic E-state index is 13.0. The molecule has 148 valence electrons. The van der Waals surface area contributed by atoms with E-state index in [1.54, 1.807) is 46.2 Å². The molecule has 0 unspecified atom stereocenters. The predicted octanol–water partition coefficient (Wildman–Crippen LogP) is 3.16. The van der Waals surface area contributed by atoms with Crippen LogP contribution in [0.3, 0.4) is 0 Å². The molecule has 0 spiro atoms. The van der Waals surface area contributed by atoms with Crippen molar-refractivity contribution in [2.45, 2.75) is 12.8 Å². The van der Waals surface area contributed by atoms with E-state index in [4.69, 9.17) is 16.3 Å². The smallest absolute Gasteiger partial charge is 0.260 e. The maximum absolute atomic E-state index is 13.0. The van der Waals surface area contributed by atoms with Crippen LogP contribution in [0.1, 0.15) is 12.0 Å². The number of hydrogen-bond acceptors (Lipinski definition) is 3. The van der Waals surface area contributed by atoms with Crippen molar-refractivity contribution in [3.05, 3.63) is 64.9 Å². The van der Waals surface area contributed by atoms with Gasteiger partial charge in [-0.1, -0.05) is 23.7 Å². The zero-order chi connectivity index (χ0) is 19.9. The summed E-state index contributed by atoms with van der Waals surface area (Å²) < 4.78 is 18.5. The monoisotopic (exact) mass is 404 g/mol. The number of rotatable bonds is 5. The minimum Gasteiger partial charge on any atom is -0.484 e. The largest absolute Gasteiger partial charge is 0.484 e. The zero-order valence-corrected chi connectivity index (χ0v) is 16.2. The first kappa shape index (κ1) is 20.1. The SMILES string of the molecule is O=C(COc1ccc(Cl)cc1)N1CCCN(C(=O)Cc2ccc(F)cc2)CC1. The highest BCUT2D eigenvalue weighted by atomic mass is 35.5. The fraction of sp³-hybridized carbons (Fsp3) is 0.333. The van der Waals surface area contributed by atoms with Crippen LogP contribution in [0.2, 0.25) is 5.02 Å². The van der Waals surface area contributed by atoms with Crippen LogP contribution in [0.25, 0.3) is 0 Å². The molecule has 0 N–H and O–H groups in total. The van der Waals surface area contributed by atoms with Crippen molar-refractivity contribution in [2.75, 3.05) is 32.8 Å². The van der Waals surface area contributed by atoms with E-state index < -0.39 is 0 Å². The van der Waals surface area contributed by atoms with E-state index >= 15 is 0 Å². The Bertz CT molecular complexity index is 811. The highest BCUT2D eigenvalue weighted by Crippen LogP contribution is 2.16. The van der Waals surface area contributed by atoms with Crippen molar-refractivity contribution >= 4 is 23.4 Å². The fourth-order valence-corrected chi connectivity index (χ4v) is 3.20. The molecular formula is C21H22ClFN2O3. The van der Waals surface area contributed by atoms with Gasteiger partial charge in [0.25, 0.3) is 5.91 Å². The van der Waals surface area contributed by atoms with Gasteiger partial charge >= 0.3 is 0 Å². The van der Waals surface area contributed by atoms with Gasteiger partial charge in [0, 0.05) is 31.2 Å². The van der Waals surface area contributed by atoms with Crippen LogP contribution in [-0.4, -0.2) is 54.4 Å². The lowest BCUT2D eigenvalue weighted by Gasteiger charge is -2.22. The van der Waals surface area contributed by atoms with Gasteiger partial charge in [0.2, 0.25) is 5.91 Å². The standard InChI is InChI=1S/C21H22ClFN2O3/c22-17-4-8-19(9-5-17)28-15-21(27)25-11-1-10-24(12-13-25)20(26)14-16-2-6-18(23)7-3-16/h2-9H,1,10-15H2. The molecule has 1 saturated heterocycles. The molecule has 1 aliphatic heterocycles. The van der Waals surface area contributed by atoms with Gasteiger partial charge in [-0.3, -0.25) is 9.59 Å². The van der Waals surface area contributed by atoms with Crippen LogP contribution in [-0.2, 0) is 16.0 Å². The summed E-state index contributed by atoms with van der Waals surface area (Å²) >= 11 is 5.83. The number of hydrogen-bond donors (Lipinski definition) is 0. The summed E-state index contributed by atoms with van der Waals surface area (Å²) in [6.07, 6.45) is 0.940. The molecule has 0 radical (unpaired) electrons. The van der Waals surface area contributed by atoms with Gasteiger partial charge in [0.05, 0.1) is 6.42 Å². The van der Waals surface area contributed by atoms with Gasteiger partial charge in [0.15, 0.2) is 6.61 Å². The molecule has 5 nitrogen and oxygen atoms in total. The van der Waals surface area contributed by atoms with Gasteiger partial charge in [-0.2, -0.15) is 0 Å². The quantitative estimate of drug-likeness (QED) is 0.769. The third-order valence-corrected chi connectivity index (χ3v) is 4.90. The average molecular weight is 405 g/mol. The number of amides is 2. The number of halogens is 2. The van der Waals surface area contributed by atoms with Crippen LogP contribution in [0.15, 0.2) is 48.5 Å². The predicted molar refractivity (Wildman–Crippen MR) is 105 cm³/mol. The molecule has 28 heavy (non-hydrogen) atoms. The first-order valence-electron chi connectivity index (χ1n) is 9.19. The maximum Gasteiger partial charge on any atom is 0.260 e. The van der Waals surface area contributed by atoms with Gasteiger partial charge in [0.1, 0.15) is 11.6 Å².